The maximum Gasteiger partial charge on any atom is 0.573 e. The predicted molar refractivity (Wildman–Crippen MR) is 173 cm³/mol. The van der Waals surface area contributed by atoms with Crippen molar-refractivity contribution in [1.82, 2.24) is 30.8 Å². The zero-order chi connectivity index (χ0) is 33.8. The van der Waals surface area contributed by atoms with E-state index >= 15 is 0 Å². The SMILES string of the molecule is Cc1cccc(C)c1N=C(N/N=C/c1ccc(-c2ncn(-c3ccc(OC(F)(F)F)cc3)n2)cc1)SCC(=O)NCCCNC(=O)O. The van der Waals surface area contributed by atoms with Crippen LogP contribution in [0.3, 0.4) is 0 Å². The maximum atomic E-state index is 12.4. The molecule has 1 aromatic heterocycles. The molecule has 0 unspecified atom stereocenters. The molecule has 4 N–H and O–H groups in total. The number of hydrogen-bond donors (Lipinski definition) is 4. The highest BCUT2D eigenvalue weighted by Gasteiger charge is 2.31. The van der Waals surface area contributed by atoms with Gasteiger partial charge in [-0.2, -0.15) is 5.10 Å². The highest BCUT2D eigenvalue weighted by molar-refractivity contribution is 8.14. The molecule has 0 radical (unpaired) electrons. The molecule has 16 heteroatoms. The first-order valence-electron chi connectivity index (χ1n) is 14.2. The second-order valence-corrected chi connectivity index (χ2v) is 10.9. The highest BCUT2D eigenvalue weighted by atomic mass is 32.2. The van der Waals surface area contributed by atoms with Crippen LogP contribution in [-0.4, -0.2) is 68.5 Å². The van der Waals surface area contributed by atoms with Crippen LogP contribution in [0.4, 0.5) is 23.7 Å². The number of rotatable bonds is 12. The first-order chi connectivity index (χ1) is 22.5. The number of aromatic nitrogens is 3. The lowest BCUT2D eigenvalue weighted by atomic mass is 10.1. The molecule has 0 aliphatic carbocycles. The second kappa shape index (κ2) is 16.3. The first-order valence-corrected chi connectivity index (χ1v) is 15.1. The molecule has 4 rings (SSSR count). The fourth-order valence-corrected chi connectivity index (χ4v) is 4.71. The predicted octanol–water partition coefficient (Wildman–Crippen LogP) is 5.57. The van der Waals surface area contributed by atoms with Gasteiger partial charge in [0.05, 0.1) is 23.3 Å². The number of amidine groups is 1. The smallest absolute Gasteiger partial charge is 0.465 e. The summed E-state index contributed by atoms with van der Waals surface area (Å²) in [6.07, 6.45) is -2.37. The zero-order valence-electron chi connectivity index (χ0n) is 25.3. The quantitative estimate of drug-likeness (QED) is 0.0662. The number of aliphatic imine (C=N–C) groups is 1. The number of ether oxygens (including phenoxy) is 1. The van der Waals surface area contributed by atoms with Crippen molar-refractivity contribution in [1.29, 1.82) is 0 Å². The Balaban J connectivity index is 1.38. The molecule has 12 nitrogen and oxygen atoms in total. The number of thioether (sulfide) groups is 1. The molecular formula is C31H31F3N8O4S. The van der Waals surface area contributed by atoms with E-state index in [1.54, 1.807) is 18.3 Å². The van der Waals surface area contributed by atoms with E-state index in [2.05, 4.69) is 36.0 Å². The number of hydrogen-bond acceptors (Lipinski definition) is 8. The van der Waals surface area contributed by atoms with Crippen molar-refractivity contribution in [2.45, 2.75) is 26.6 Å². The number of nitrogens with zero attached hydrogens (tertiary/aromatic N) is 5. The average molecular weight is 669 g/mol. The summed E-state index contributed by atoms with van der Waals surface area (Å²) >= 11 is 1.18. The molecule has 3 aromatic carbocycles. The van der Waals surface area contributed by atoms with E-state index in [0.29, 0.717) is 35.2 Å². The van der Waals surface area contributed by atoms with Crippen molar-refractivity contribution < 1.29 is 32.6 Å². The first kappa shape index (κ1) is 34.5. The molecule has 0 fully saturated rings. The van der Waals surface area contributed by atoms with Gasteiger partial charge in [0.1, 0.15) is 12.1 Å². The lowest BCUT2D eigenvalue weighted by Gasteiger charge is -2.10. The number of hydrazone groups is 1. The summed E-state index contributed by atoms with van der Waals surface area (Å²) in [5.74, 6) is -0.0818. The maximum absolute atomic E-state index is 12.4. The summed E-state index contributed by atoms with van der Waals surface area (Å²) < 4.78 is 42.6. The molecule has 0 aliphatic rings. The van der Waals surface area contributed by atoms with Crippen molar-refractivity contribution in [2.75, 3.05) is 18.8 Å². The van der Waals surface area contributed by atoms with Gasteiger partial charge in [0, 0.05) is 18.7 Å². The molecule has 4 aromatic rings. The van der Waals surface area contributed by atoms with Crippen molar-refractivity contribution in [3.8, 4) is 22.8 Å². The molecule has 0 aliphatic heterocycles. The van der Waals surface area contributed by atoms with Crippen molar-refractivity contribution in [2.24, 2.45) is 10.1 Å². The summed E-state index contributed by atoms with van der Waals surface area (Å²) in [4.78, 5) is 31.9. The van der Waals surface area contributed by atoms with Crippen LogP contribution >= 0.6 is 11.8 Å². The van der Waals surface area contributed by atoms with Crippen LogP contribution in [-0.2, 0) is 4.79 Å². The number of nitrogens with one attached hydrogen (secondary N) is 3. The molecular weight excluding hydrogens is 637 g/mol. The zero-order valence-corrected chi connectivity index (χ0v) is 26.1. The number of amides is 2. The Kier molecular flexibility index (Phi) is 11.9. The standard InChI is InChI=1S/C31H31F3N8O4S/c1-20-5-3-6-21(2)27(20)39-29(47-18-26(43)35-15-4-16-36-30(44)45)40-38-17-22-7-9-23(10-8-22)28-37-19-42(41-28)24-11-13-25(14-12-24)46-31(32,33)34/h3,5-14,17,19,36H,4,15-16,18H2,1-2H3,(H,35,43)(H,39,40)(H,44,45)/b38-17+. The Morgan fingerprint density at radius 3 is 2.34 bits per heavy atom. The van der Waals surface area contributed by atoms with E-state index < -0.39 is 12.5 Å². The normalized spacial score (nSPS) is 11.8. The summed E-state index contributed by atoms with van der Waals surface area (Å²) in [6.45, 7) is 4.45. The minimum atomic E-state index is -4.77. The number of alkyl halides is 3. The van der Waals surface area contributed by atoms with Crippen LogP contribution < -0.4 is 20.8 Å². The van der Waals surface area contributed by atoms with E-state index in [-0.39, 0.29) is 24.0 Å². The minimum absolute atomic E-state index is 0.0679. The van der Waals surface area contributed by atoms with Crippen LogP contribution in [0, 0.1) is 13.8 Å². The molecule has 47 heavy (non-hydrogen) atoms. The summed E-state index contributed by atoms with van der Waals surface area (Å²) in [5, 5.41) is 22.8. The van der Waals surface area contributed by atoms with Gasteiger partial charge in [0.25, 0.3) is 0 Å². The van der Waals surface area contributed by atoms with Gasteiger partial charge in [-0.15, -0.1) is 18.3 Å². The molecule has 0 spiro atoms. The van der Waals surface area contributed by atoms with Crippen LogP contribution in [0.15, 0.2) is 83.2 Å². The van der Waals surface area contributed by atoms with E-state index in [9.17, 15) is 22.8 Å². The third-order valence-electron chi connectivity index (χ3n) is 6.31. The van der Waals surface area contributed by atoms with Crippen molar-refractivity contribution in [3.05, 3.63) is 89.7 Å². The van der Waals surface area contributed by atoms with E-state index in [1.807, 2.05) is 44.2 Å². The third kappa shape index (κ3) is 11.2. The minimum Gasteiger partial charge on any atom is -0.465 e. The largest absolute Gasteiger partial charge is 0.573 e. The van der Waals surface area contributed by atoms with Gasteiger partial charge < -0.3 is 20.5 Å². The van der Waals surface area contributed by atoms with Crippen molar-refractivity contribution in [3.63, 3.8) is 0 Å². The number of carboxylic acid groups (broad SMARTS) is 1. The fourth-order valence-electron chi connectivity index (χ4n) is 4.07. The topological polar surface area (TPSA) is 155 Å². The number of para-hydroxylation sites is 1. The van der Waals surface area contributed by atoms with E-state index in [1.165, 1.54) is 47.0 Å². The Bertz CT molecular complexity index is 1710. The van der Waals surface area contributed by atoms with Gasteiger partial charge in [-0.1, -0.05) is 54.2 Å². The van der Waals surface area contributed by atoms with Crippen molar-refractivity contribution >= 4 is 40.8 Å². The van der Waals surface area contributed by atoms with Crippen LogP contribution in [0.2, 0.25) is 0 Å². The summed E-state index contributed by atoms with van der Waals surface area (Å²) in [6, 6.07) is 18.3. The third-order valence-corrected chi connectivity index (χ3v) is 7.18. The number of halogens is 3. The van der Waals surface area contributed by atoms with Gasteiger partial charge in [-0.25, -0.2) is 19.5 Å². The van der Waals surface area contributed by atoms with Gasteiger partial charge in [-0.05, 0) is 61.2 Å². The molecule has 0 atom stereocenters. The highest BCUT2D eigenvalue weighted by Crippen LogP contribution is 2.25. The molecule has 0 bridgehead atoms. The van der Waals surface area contributed by atoms with Gasteiger partial charge in [0.15, 0.2) is 11.0 Å². The number of carbonyl (C=O) groups excluding carboxylic acids is 1. The van der Waals surface area contributed by atoms with Gasteiger partial charge in [0.2, 0.25) is 5.91 Å². The lowest BCUT2D eigenvalue weighted by molar-refractivity contribution is -0.274. The summed E-state index contributed by atoms with van der Waals surface area (Å²) in [7, 11) is 0. The molecule has 0 saturated heterocycles. The van der Waals surface area contributed by atoms with Gasteiger partial charge in [-0.3, -0.25) is 10.2 Å². The Hall–Kier alpha value is -5.38. The molecule has 246 valence electrons. The lowest BCUT2D eigenvalue weighted by Crippen LogP contribution is -2.30. The Morgan fingerprint density at radius 1 is 1.00 bits per heavy atom. The Labute approximate surface area is 272 Å². The monoisotopic (exact) mass is 668 g/mol. The average Bonchev–Trinajstić information content (AvgIpc) is 3.51. The molecule has 1 heterocycles. The van der Waals surface area contributed by atoms with E-state index in [0.717, 1.165) is 22.4 Å². The van der Waals surface area contributed by atoms with Crippen LogP contribution in [0.5, 0.6) is 5.75 Å². The van der Waals surface area contributed by atoms with Crippen LogP contribution in [0.25, 0.3) is 17.1 Å². The van der Waals surface area contributed by atoms with Crippen LogP contribution in [0.1, 0.15) is 23.1 Å². The molecule has 0 saturated carbocycles. The summed E-state index contributed by atoms with van der Waals surface area (Å²) in [5.41, 5.74) is 7.59. The second-order valence-electron chi connectivity index (χ2n) is 9.93. The van der Waals surface area contributed by atoms with Gasteiger partial charge >= 0.3 is 12.5 Å². The Morgan fingerprint density at radius 2 is 1.68 bits per heavy atom. The number of carbonyl (C=O) groups is 2. The molecule has 2 amide bonds. The number of aryl methyl sites for hydroxylation is 2. The number of benzene rings is 3. The fraction of sp³-hybridized carbons (Fsp3) is 0.226. The van der Waals surface area contributed by atoms with E-state index in [4.69, 9.17) is 10.1 Å².